The summed E-state index contributed by atoms with van der Waals surface area (Å²) in [5, 5.41) is 4.31. The molecular weight excluding hydrogens is 350 g/mol. The molecule has 0 aromatic carbocycles. The standard InChI is InChI=1S/C21H29N7/c1-14(19-25-15(2)26-20-23-13-24-28(19)20)8-10-27-11-17(21(3,4)5)16-7-6-9-22-18(16)12-27/h6-7,9,13-14,17H,8,10-12H2,1-5H3. The molecule has 1 aliphatic rings. The summed E-state index contributed by atoms with van der Waals surface area (Å²) in [6.07, 6.45) is 4.46. The van der Waals surface area contributed by atoms with Gasteiger partial charge in [-0.15, -0.1) is 0 Å². The molecule has 0 aliphatic carbocycles. The van der Waals surface area contributed by atoms with E-state index in [1.54, 1.807) is 10.8 Å². The largest absolute Gasteiger partial charge is 0.297 e. The molecule has 148 valence electrons. The Hall–Kier alpha value is -2.41. The number of aryl methyl sites for hydroxylation is 1. The Kier molecular flexibility index (Phi) is 4.87. The molecule has 7 heteroatoms. The van der Waals surface area contributed by atoms with Crippen LogP contribution in [0.2, 0.25) is 0 Å². The van der Waals surface area contributed by atoms with E-state index in [2.05, 4.69) is 69.8 Å². The second-order valence-electron chi connectivity index (χ2n) is 8.98. The molecule has 0 radical (unpaired) electrons. The van der Waals surface area contributed by atoms with Crippen molar-refractivity contribution in [2.75, 3.05) is 13.1 Å². The van der Waals surface area contributed by atoms with E-state index in [4.69, 9.17) is 0 Å². The van der Waals surface area contributed by atoms with Crippen LogP contribution in [-0.4, -0.2) is 47.5 Å². The highest BCUT2D eigenvalue weighted by Gasteiger charge is 2.34. The maximum absolute atomic E-state index is 4.68. The maximum Gasteiger partial charge on any atom is 0.255 e. The summed E-state index contributed by atoms with van der Waals surface area (Å²) >= 11 is 0. The second kappa shape index (κ2) is 7.20. The molecule has 4 heterocycles. The minimum atomic E-state index is 0.207. The van der Waals surface area contributed by atoms with Crippen LogP contribution in [0.5, 0.6) is 0 Å². The van der Waals surface area contributed by atoms with Crippen molar-refractivity contribution in [1.29, 1.82) is 0 Å². The Balaban J connectivity index is 1.51. The third kappa shape index (κ3) is 3.63. The average molecular weight is 380 g/mol. The number of rotatable bonds is 4. The van der Waals surface area contributed by atoms with Gasteiger partial charge in [-0.2, -0.15) is 19.6 Å². The lowest BCUT2D eigenvalue weighted by Gasteiger charge is -2.40. The first-order chi connectivity index (χ1) is 13.3. The Morgan fingerprint density at radius 1 is 1.21 bits per heavy atom. The molecule has 0 fully saturated rings. The van der Waals surface area contributed by atoms with Gasteiger partial charge >= 0.3 is 0 Å². The first-order valence-electron chi connectivity index (χ1n) is 10.0. The van der Waals surface area contributed by atoms with Gasteiger partial charge in [-0.25, -0.2) is 4.98 Å². The first kappa shape index (κ1) is 18.9. The van der Waals surface area contributed by atoms with E-state index in [0.29, 0.717) is 11.7 Å². The van der Waals surface area contributed by atoms with Gasteiger partial charge in [0.05, 0.1) is 5.69 Å². The molecule has 3 aromatic heterocycles. The summed E-state index contributed by atoms with van der Waals surface area (Å²) in [7, 11) is 0. The average Bonchev–Trinajstić information content (AvgIpc) is 3.12. The topological polar surface area (TPSA) is 72.1 Å². The van der Waals surface area contributed by atoms with Crippen LogP contribution in [-0.2, 0) is 6.54 Å². The first-order valence-corrected chi connectivity index (χ1v) is 10.0. The predicted molar refractivity (Wildman–Crippen MR) is 108 cm³/mol. The number of hydrogen-bond donors (Lipinski definition) is 0. The van der Waals surface area contributed by atoms with Gasteiger partial charge in [0.1, 0.15) is 18.0 Å². The van der Waals surface area contributed by atoms with Gasteiger partial charge in [0.15, 0.2) is 0 Å². The minimum absolute atomic E-state index is 0.207. The third-order valence-corrected chi connectivity index (χ3v) is 5.76. The Morgan fingerprint density at radius 3 is 2.82 bits per heavy atom. The van der Waals surface area contributed by atoms with E-state index in [-0.39, 0.29) is 11.3 Å². The predicted octanol–water partition coefficient (Wildman–Crippen LogP) is 3.36. The maximum atomic E-state index is 4.68. The summed E-state index contributed by atoms with van der Waals surface area (Å²) in [6.45, 7) is 14.1. The molecule has 0 spiro atoms. The molecule has 2 atom stereocenters. The van der Waals surface area contributed by atoms with Crippen LogP contribution in [0.4, 0.5) is 0 Å². The van der Waals surface area contributed by atoms with Gasteiger partial charge in [0.2, 0.25) is 0 Å². The van der Waals surface area contributed by atoms with Crippen molar-refractivity contribution in [3.8, 4) is 0 Å². The van der Waals surface area contributed by atoms with E-state index in [1.165, 1.54) is 11.3 Å². The van der Waals surface area contributed by atoms with Gasteiger partial charge in [0, 0.05) is 31.1 Å². The molecule has 7 nitrogen and oxygen atoms in total. The number of aromatic nitrogens is 6. The molecular formula is C21H29N7. The fourth-order valence-corrected chi connectivity index (χ4v) is 4.12. The van der Waals surface area contributed by atoms with Crippen molar-refractivity contribution in [2.24, 2.45) is 5.41 Å². The molecule has 0 saturated carbocycles. The molecule has 4 rings (SSSR count). The van der Waals surface area contributed by atoms with Crippen molar-refractivity contribution in [1.82, 2.24) is 34.4 Å². The lowest BCUT2D eigenvalue weighted by molar-refractivity contribution is 0.164. The smallest absolute Gasteiger partial charge is 0.255 e. The minimum Gasteiger partial charge on any atom is -0.297 e. The Bertz CT molecular complexity index is 972. The van der Waals surface area contributed by atoms with Gasteiger partial charge < -0.3 is 0 Å². The summed E-state index contributed by atoms with van der Waals surface area (Å²) in [4.78, 5) is 20.4. The highest BCUT2D eigenvalue weighted by atomic mass is 15.3. The number of nitrogens with zero attached hydrogens (tertiary/aromatic N) is 7. The van der Waals surface area contributed by atoms with Crippen LogP contribution in [0.25, 0.3) is 5.78 Å². The normalized spacial score (nSPS) is 19.0. The Labute approximate surface area is 166 Å². The SMILES string of the molecule is Cc1nc(C(C)CCN2Cc3ncccc3C(C(C)(C)C)C2)n2ncnc2n1. The van der Waals surface area contributed by atoms with Crippen LogP contribution in [0.15, 0.2) is 24.7 Å². The monoisotopic (exact) mass is 379 g/mol. The molecule has 28 heavy (non-hydrogen) atoms. The fraction of sp³-hybridized carbons (Fsp3) is 0.571. The van der Waals surface area contributed by atoms with Gasteiger partial charge in [0.25, 0.3) is 5.78 Å². The summed E-state index contributed by atoms with van der Waals surface area (Å²) in [5.41, 5.74) is 2.84. The van der Waals surface area contributed by atoms with Gasteiger partial charge in [-0.05, 0) is 36.9 Å². The molecule has 0 saturated heterocycles. The number of pyridine rings is 1. The van der Waals surface area contributed by atoms with E-state index in [1.807, 2.05) is 13.1 Å². The van der Waals surface area contributed by atoms with Crippen LogP contribution in [0, 0.1) is 12.3 Å². The lowest BCUT2D eigenvalue weighted by atomic mass is 9.74. The van der Waals surface area contributed by atoms with Crippen molar-refractivity contribution in [3.63, 3.8) is 0 Å². The molecule has 3 aromatic rings. The van der Waals surface area contributed by atoms with E-state index in [9.17, 15) is 0 Å². The van der Waals surface area contributed by atoms with Gasteiger partial charge in [-0.1, -0.05) is 33.8 Å². The number of hydrogen-bond acceptors (Lipinski definition) is 6. The molecule has 0 N–H and O–H groups in total. The summed E-state index contributed by atoms with van der Waals surface area (Å²) in [6, 6.07) is 4.32. The molecule has 1 aliphatic heterocycles. The third-order valence-electron chi connectivity index (χ3n) is 5.76. The zero-order chi connectivity index (χ0) is 19.9. The summed E-state index contributed by atoms with van der Waals surface area (Å²) in [5.74, 6) is 3.06. The van der Waals surface area contributed by atoms with E-state index >= 15 is 0 Å². The van der Waals surface area contributed by atoms with Crippen molar-refractivity contribution < 1.29 is 0 Å². The Morgan fingerprint density at radius 2 is 2.04 bits per heavy atom. The molecule has 2 unspecified atom stereocenters. The van der Waals surface area contributed by atoms with Crippen LogP contribution in [0.1, 0.15) is 68.9 Å². The van der Waals surface area contributed by atoms with Crippen molar-refractivity contribution >= 4 is 5.78 Å². The van der Waals surface area contributed by atoms with Crippen molar-refractivity contribution in [3.05, 3.63) is 47.6 Å². The van der Waals surface area contributed by atoms with Crippen LogP contribution >= 0.6 is 0 Å². The molecule has 0 amide bonds. The van der Waals surface area contributed by atoms with Gasteiger partial charge in [-0.3, -0.25) is 9.88 Å². The van der Waals surface area contributed by atoms with E-state index in [0.717, 1.165) is 37.7 Å². The lowest BCUT2D eigenvalue weighted by Crippen LogP contribution is -2.40. The highest BCUT2D eigenvalue weighted by Crippen LogP contribution is 2.40. The number of fused-ring (bicyclic) bond motifs is 2. The quantitative estimate of drug-likeness (QED) is 0.692. The second-order valence-corrected chi connectivity index (χ2v) is 8.98. The zero-order valence-corrected chi connectivity index (χ0v) is 17.4. The van der Waals surface area contributed by atoms with Crippen LogP contribution < -0.4 is 0 Å². The highest BCUT2D eigenvalue weighted by molar-refractivity contribution is 5.29. The van der Waals surface area contributed by atoms with Crippen LogP contribution in [0.3, 0.4) is 0 Å². The zero-order valence-electron chi connectivity index (χ0n) is 17.4. The summed E-state index contributed by atoms with van der Waals surface area (Å²) < 4.78 is 1.77. The van der Waals surface area contributed by atoms with Crippen molar-refractivity contribution in [2.45, 2.75) is 59.4 Å². The van der Waals surface area contributed by atoms with E-state index < -0.39 is 0 Å². The fourth-order valence-electron chi connectivity index (χ4n) is 4.12. The molecule has 0 bridgehead atoms.